The van der Waals surface area contributed by atoms with E-state index in [2.05, 4.69) is 39.5 Å². The molecule has 0 saturated heterocycles. The second-order valence-electron chi connectivity index (χ2n) is 8.68. The van der Waals surface area contributed by atoms with Gasteiger partial charge in [0, 0.05) is 30.3 Å². The molecule has 3 N–H and O–H groups in total. The lowest BCUT2D eigenvalue weighted by Crippen LogP contribution is -2.20. The Morgan fingerprint density at radius 1 is 1.12 bits per heavy atom. The number of esters is 1. The second kappa shape index (κ2) is 13.6. The van der Waals surface area contributed by atoms with Gasteiger partial charge in [0.2, 0.25) is 5.95 Å². The van der Waals surface area contributed by atoms with Crippen molar-refractivity contribution in [3.63, 3.8) is 0 Å². The minimum Gasteiger partial charge on any atom is -0.494 e. The molecule has 1 aliphatic heterocycles. The first-order chi connectivity index (χ1) is 16.6. The van der Waals surface area contributed by atoms with Crippen LogP contribution < -0.4 is 20.7 Å². The second-order valence-corrected chi connectivity index (χ2v) is 8.68. The Kier molecular flexibility index (Phi) is 10.3. The molecule has 1 atom stereocenters. The first-order valence-corrected chi connectivity index (χ1v) is 12.6. The zero-order chi connectivity index (χ0) is 24.2. The Hall–Kier alpha value is -3.03. The summed E-state index contributed by atoms with van der Waals surface area (Å²) in [6.45, 7) is 5.98. The Balaban J connectivity index is 1.50. The summed E-state index contributed by atoms with van der Waals surface area (Å²) in [5.41, 5.74) is 2.09. The van der Waals surface area contributed by atoms with Gasteiger partial charge >= 0.3 is 5.97 Å². The number of nitrogens with zero attached hydrogens (tertiary/aromatic N) is 2. The average Bonchev–Trinajstić information content (AvgIpc) is 3.33. The smallest absolute Gasteiger partial charge is 0.305 e. The van der Waals surface area contributed by atoms with Gasteiger partial charge in [-0.25, -0.2) is 0 Å². The van der Waals surface area contributed by atoms with E-state index in [4.69, 9.17) is 9.72 Å². The maximum absolute atomic E-state index is 11.1. The first-order valence-electron chi connectivity index (χ1n) is 12.6. The number of unbranched alkanes of at least 4 members (excludes halogenated alkanes) is 3. The molecule has 0 saturated carbocycles. The van der Waals surface area contributed by atoms with Crippen molar-refractivity contribution >= 4 is 29.2 Å². The number of benzene rings is 1. The number of hydrogen-bond donors (Lipinski definition) is 3. The van der Waals surface area contributed by atoms with Crippen LogP contribution in [0.25, 0.3) is 0 Å². The molecule has 1 aliphatic rings. The van der Waals surface area contributed by atoms with Crippen LogP contribution in [0, 0.1) is 0 Å². The van der Waals surface area contributed by atoms with Crippen LogP contribution in [-0.4, -0.2) is 42.2 Å². The van der Waals surface area contributed by atoms with Gasteiger partial charge in [-0.3, -0.25) is 4.79 Å². The molecule has 0 aliphatic carbocycles. The van der Waals surface area contributed by atoms with Crippen LogP contribution >= 0.6 is 0 Å². The zero-order valence-corrected chi connectivity index (χ0v) is 20.8. The summed E-state index contributed by atoms with van der Waals surface area (Å²) in [5, 5.41) is 10.3. The summed E-state index contributed by atoms with van der Waals surface area (Å²) >= 11 is 0. The molecule has 0 spiro atoms. The van der Waals surface area contributed by atoms with Gasteiger partial charge in [-0.05, 0) is 56.4 Å². The summed E-state index contributed by atoms with van der Waals surface area (Å²) in [4.78, 5) is 20.6. The predicted molar refractivity (Wildman–Crippen MR) is 137 cm³/mol. The van der Waals surface area contributed by atoms with Crippen molar-refractivity contribution in [3.8, 4) is 5.75 Å². The highest BCUT2D eigenvalue weighted by atomic mass is 16.5. The zero-order valence-electron chi connectivity index (χ0n) is 20.8. The van der Waals surface area contributed by atoms with Crippen molar-refractivity contribution in [3.05, 3.63) is 29.8 Å². The van der Waals surface area contributed by atoms with E-state index in [1.165, 1.54) is 12.7 Å². The number of anilines is 4. The molecule has 0 fully saturated rings. The Labute approximate surface area is 203 Å². The van der Waals surface area contributed by atoms with E-state index in [1.54, 1.807) is 0 Å². The number of fused-ring (bicyclic) bond motifs is 1. The normalized spacial score (nSPS) is 13.0. The summed E-state index contributed by atoms with van der Waals surface area (Å²) in [7, 11) is 1.43. The van der Waals surface area contributed by atoms with Crippen molar-refractivity contribution in [1.29, 1.82) is 0 Å². The highest BCUT2D eigenvalue weighted by Gasteiger charge is 2.20. The van der Waals surface area contributed by atoms with Crippen molar-refractivity contribution in [2.45, 2.75) is 77.7 Å². The number of nitrogens with one attached hydrogen (secondary N) is 3. The van der Waals surface area contributed by atoms with E-state index in [-0.39, 0.29) is 5.97 Å². The lowest BCUT2D eigenvalue weighted by Gasteiger charge is -2.19. The number of carbonyl (C=O) groups excluding carboxylic acids is 1. The third-order valence-electron chi connectivity index (χ3n) is 6.03. The summed E-state index contributed by atoms with van der Waals surface area (Å²) < 4.78 is 10.5. The largest absolute Gasteiger partial charge is 0.494 e. The molecule has 2 aromatic rings. The van der Waals surface area contributed by atoms with Gasteiger partial charge in [-0.1, -0.05) is 33.1 Å². The van der Waals surface area contributed by atoms with Crippen LogP contribution in [0.15, 0.2) is 24.3 Å². The van der Waals surface area contributed by atoms with Gasteiger partial charge in [0.25, 0.3) is 0 Å². The molecule has 186 valence electrons. The number of aromatic nitrogens is 2. The predicted octanol–water partition coefficient (Wildman–Crippen LogP) is 5.68. The molecule has 0 bridgehead atoms. The van der Waals surface area contributed by atoms with Crippen molar-refractivity contribution < 1.29 is 14.3 Å². The van der Waals surface area contributed by atoms with Crippen molar-refractivity contribution in [2.24, 2.45) is 0 Å². The fraction of sp³-hybridized carbons (Fsp3) is 0.577. The highest BCUT2D eigenvalue weighted by Crippen LogP contribution is 2.30. The molecular weight excluding hydrogens is 430 g/mol. The van der Waals surface area contributed by atoms with E-state index in [1.807, 2.05) is 24.3 Å². The SMILES string of the molecule is CCCC(CC)Nc1nc(Nc2ccc(OCCCCCCC(=O)OC)cc2)nc2c1CCN2. The van der Waals surface area contributed by atoms with Gasteiger partial charge in [-0.15, -0.1) is 0 Å². The van der Waals surface area contributed by atoms with E-state index >= 15 is 0 Å². The quantitative estimate of drug-likeness (QED) is 0.226. The van der Waals surface area contributed by atoms with Crippen LogP contribution in [0.5, 0.6) is 5.75 Å². The van der Waals surface area contributed by atoms with Crippen LogP contribution in [0.4, 0.5) is 23.3 Å². The van der Waals surface area contributed by atoms with E-state index in [0.29, 0.717) is 25.0 Å². The van der Waals surface area contributed by atoms with Crippen LogP contribution in [0.1, 0.15) is 70.8 Å². The maximum atomic E-state index is 11.1. The van der Waals surface area contributed by atoms with E-state index < -0.39 is 0 Å². The maximum Gasteiger partial charge on any atom is 0.305 e. The van der Waals surface area contributed by atoms with Crippen molar-refractivity contribution in [1.82, 2.24) is 9.97 Å². The minimum absolute atomic E-state index is 0.138. The summed E-state index contributed by atoms with van der Waals surface area (Å²) in [6, 6.07) is 8.29. The third kappa shape index (κ3) is 7.78. The fourth-order valence-electron chi connectivity index (χ4n) is 4.05. The number of ether oxygens (including phenoxy) is 2. The lowest BCUT2D eigenvalue weighted by molar-refractivity contribution is -0.140. The van der Waals surface area contributed by atoms with Gasteiger partial charge in [0.1, 0.15) is 17.4 Å². The summed E-state index contributed by atoms with van der Waals surface area (Å²) in [5.74, 6) is 3.13. The molecule has 2 heterocycles. The van der Waals surface area contributed by atoms with Gasteiger partial charge in [0.05, 0.1) is 13.7 Å². The standard InChI is InChI=1S/C26H39N5O3/c1-4-10-19(5-2)28-25-22-16-17-27-24(22)30-26(31-25)29-20-12-14-21(15-13-20)34-18-9-7-6-8-11-23(32)33-3/h12-15,19H,4-11,16-18H2,1-3H3,(H3,27,28,29,30,31). The Morgan fingerprint density at radius 2 is 1.91 bits per heavy atom. The molecule has 8 heteroatoms. The number of hydrogen-bond acceptors (Lipinski definition) is 8. The topological polar surface area (TPSA) is 97.4 Å². The molecule has 8 nitrogen and oxygen atoms in total. The molecule has 0 radical (unpaired) electrons. The number of carbonyl (C=O) groups is 1. The lowest BCUT2D eigenvalue weighted by atomic mass is 10.1. The van der Waals surface area contributed by atoms with E-state index in [9.17, 15) is 4.79 Å². The van der Waals surface area contributed by atoms with Crippen LogP contribution in [-0.2, 0) is 16.0 Å². The monoisotopic (exact) mass is 469 g/mol. The van der Waals surface area contributed by atoms with Crippen molar-refractivity contribution in [2.75, 3.05) is 36.2 Å². The molecule has 1 aromatic heterocycles. The fourth-order valence-corrected chi connectivity index (χ4v) is 4.05. The highest BCUT2D eigenvalue weighted by molar-refractivity contribution is 5.69. The molecule has 0 amide bonds. The van der Waals surface area contributed by atoms with Crippen LogP contribution in [0.3, 0.4) is 0 Å². The van der Waals surface area contributed by atoms with Crippen LogP contribution in [0.2, 0.25) is 0 Å². The third-order valence-corrected chi connectivity index (χ3v) is 6.03. The van der Waals surface area contributed by atoms with Gasteiger partial charge < -0.3 is 25.4 Å². The molecule has 34 heavy (non-hydrogen) atoms. The Bertz CT molecular complexity index is 904. The number of methoxy groups -OCH3 is 1. The molecule has 3 rings (SSSR count). The first kappa shape index (κ1) is 25.6. The number of rotatable bonds is 15. The average molecular weight is 470 g/mol. The van der Waals surface area contributed by atoms with Gasteiger partial charge in [-0.2, -0.15) is 9.97 Å². The Morgan fingerprint density at radius 3 is 2.65 bits per heavy atom. The summed E-state index contributed by atoms with van der Waals surface area (Å²) in [6.07, 6.45) is 8.64. The van der Waals surface area contributed by atoms with E-state index in [0.717, 1.165) is 81.0 Å². The molecular formula is C26H39N5O3. The molecule has 1 unspecified atom stereocenters. The molecule has 1 aromatic carbocycles. The van der Waals surface area contributed by atoms with Gasteiger partial charge in [0.15, 0.2) is 0 Å². The minimum atomic E-state index is -0.138.